The summed E-state index contributed by atoms with van der Waals surface area (Å²) >= 11 is 2.17. The van der Waals surface area contributed by atoms with Crippen LogP contribution in [0, 0.1) is 9.49 Å². The Balaban J connectivity index is 2.73. The molecule has 6 heteroatoms. The number of halogens is 1. The number of nitrogens with two attached hydrogens (primary N) is 1. The number of benzene rings is 1. The van der Waals surface area contributed by atoms with Gasteiger partial charge in [-0.05, 0) is 46.6 Å². The van der Waals surface area contributed by atoms with Crippen molar-refractivity contribution in [3.05, 3.63) is 33.4 Å². The Morgan fingerprint density at radius 3 is 2.48 bits per heavy atom. The van der Waals surface area contributed by atoms with Gasteiger partial charge in [0.05, 0.1) is 0 Å². The van der Waals surface area contributed by atoms with E-state index in [0.717, 1.165) is 9.13 Å². The number of aliphatic hydroxyl groups excluding tert-OH is 1. The van der Waals surface area contributed by atoms with Crippen LogP contribution in [0.1, 0.15) is 25.8 Å². The molecule has 1 aromatic carbocycles. The van der Waals surface area contributed by atoms with Crippen LogP contribution in [0.5, 0.6) is 0 Å². The first kappa shape index (κ1) is 17.9. The highest BCUT2D eigenvalue weighted by Gasteiger charge is 2.24. The molecule has 1 rings (SSSR count). The van der Waals surface area contributed by atoms with Crippen molar-refractivity contribution in [3.63, 3.8) is 0 Å². The SMILES string of the molecule is CC(C)C[C@H](O)C(=O)N[C@H](Cc1ccccc1I)C(N)=O. The Labute approximate surface area is 138 Å². The van der Waals surface area contributed by atoms with Gasteiger partial charge in [-0.15, -0.1) is 0 Å². The number of hydrogen-bond donors (Lipinski definition) is 3. The minimum absolute atomic E-state index is 0.188. The molecule has 4 N–H and O–H groups in total. The fourth-order valence-corrected chi connectivity index (χ4v) is 2.54. The topological polar surface area (TPSA) is 92.4 Å². The zero-order chi connectivity index (χ0) is 16.0. The second-order valence-electron chi connectivity index (χ2n) is 5.40. The number of aliphatic hydroxyl groups is 1. The Morgan fingerprint density at radius 2 is 1.95 bits per heavy atom. The van der Waals surface area contributed by atoms with E-state index in [1.54, 1.807) is 0 Å². The fraction of sp³-hybridized carbons (Fsp3) is 0.467. The Bertz CT molecular complexity index is 505. The van der Waals surface area contributed by atoms with E-state index in [1.165, 1.54) is 0 Å². The zero-order valence-electron chi connectivity index (χ0n) is 12.2. The third-order valence-corrected chi connectivity index (χ3v) is 4.09. The molecule has 0 saturated heterocycles. The van der Waals surface area contributed by atoms with E-state index in [0.29, 0.717) is 12.8 Å². The molecule has 0 aliphatic rings. The highest BCUT2D eigenvalue weighted by molar-refractivity contribution is 14.1. The number of carbonyl (C=O) groups excluding carboxylic acids is 2. The summed E-state index contributed by atoms with van der Waals surface area (Å²) in [5.41, 5.74) is 6.28. The molecule has 21 heavy (non-hydrogen) atoms. The first-order valence-corrected chi connectivity index (χ1v) is 7.90. The first-order valence-electron chi connectivity index (χ1n) is 6.82. The van der Waals surface area contributed by atoms with Crippen molar-refractivity contribution in [2.24, 2.45) is 11.7 Å². The second-order valence-corrected chi connectivity index (χ2v) is 6.57. The monoisotopic (exact) mass is 404 g/mol. The smallest absolute Gasteiger partial charge is 0.249 e. The molecule has 0 aliphatic carbocycles. The van der Waals surface area contributed by atoms with Gasteiger partial charge in [-0.2, -0.15) is 0 Å². The molecule has 0 unspecified atom stereocenters. The van der Waals surface area contributed by atoms with E-state index in [2.05, 4.69) is 27.9 Å². The van der Waals surface area contributed by atoms with Crippen LogP contribution < -0.4 is 11.1 Å². The van der Waals surface area contributed by atoms with E-state index < -0.39 is 24.0 Å². The maximum Gasteiger partial charge on any atom is 0.249 e. The van der Waals surface area contributed by atoms with Gasteiger partial charge in [0.25, 0.3) is 0 Å². The predicted octanol–water partition coefficient (Wildman–Crippen LogP) is 1.21. The molecule has 0 aliphatic heterocycles. The molecule has 116 valence electrons. The van der Waals surface area contributed by atoms with Crippen LogP contribution in [0.25, 0.3) is 0 Å². The molecule has 1 aromatic rings. The summed E-state index contributed by atoms with van der Waals surface area (Å²) in [4.78, 5) is 23.4. The standard InChI is InChI=1S/C15H21IN2O3/c1-9(2)7-13(19)15(21)18-12(14(17)20)8-10-5-3-4-6-11(10)16/h3-6,9,12-13,19H,7-8H2,1-2H3,(H2,17,20)(H,18,21)/t12-,13+/m1/s1. The summed E-state index contributed by atoms with van der Waals surface area (Å²) < 4.78 is 0.998. The Morgan fingerprint density at radius 1 is 1.33 bits per heavy atom. The highest BCUT2D eigenvalue weighted by atomic mass is 127. The Hall–Kier alpha value is -1.15. The number of amides is 2. The summed E-state index contributed by atoms with van der Waals surface area (Å²) in [6, 6.07) is 6.74. The van der Waals surface area contributed by atoms with E-state index in [4.69, 9.17) is 5.73 Å². The normalized spacial score (nSPS) is 13.8. The number of primary amides is 1. The molecule has 2 atom stereocenters. The van der Waals surface area contributed by atoms with Gasteiger partial charge in [0.2, 0.25) is 11.8 Å². The number of hydrogen-bond acceptors (Lipinski definition) is 3. The molecule has 2 amide bonds. The minimum Gasteiger partial charge on any atom is -0.383 e. The molecule has 0 aromatic heterocycles. The van der Waals surface area contributed by atoms with Gasteiger partial charge < -0.3 is 16.2 Å². The molecule has 0 bridgehead atoms. The van der Waals surface area contributed by atoms with Crippen LogP contribution >= 0.6 is 22.6 Å². The Kier molecular flexibility index (Phi) is 7.10. The maximum atomic E-state index is 11.9. The minimum atomic E-state index is -1.12. The van der Waals surface area contributed by atoms with Gasteiger partial charge in [0.1, 0.15) is 12.1 Å². The summed E-state index contributed by atoms with van der Waals surface area (Å²) in [5, 5.41) is 12.3. The largest absolute Gasteiger partial charge is 0.383 e. The van der Waals surface area contributed by atoms with Crippen LogP contribution in [0.2, 0.25) is 0 Å². The van der Waals surface area contributed by atoms with Gasteiger partial charge in [0.15, 0.2) is 0 Å². The van der Waals surface area contributed by atoms with Crippen LogP contribution in [0.4, 0.5) is 0 Å². The summed E-state index contributed by atoms with van der Waals surface area (Å²) in [6.45, 7) is 3.82. The third-order valence-electron chi connectivity index (χ3n) is 3.04. The predicted molar refractivity (Wildman–Crippen MR) is 89.4 cm³/mol. The first-order chi connectivity index (χ1) is 9.81. The van der Waals surface area contributed by atoms with Crippen LogP contribution in [0.3, 0.4) is 0 Å². The average molecular weight is 404 g/mol. The average Bonchev–Trinajstić information content (AvgIpc) is 2.39. The van der Waals surface area contributed by atoms with Gasteiger partial charge in [-0.25, -0.2) is 0 Å². The van der Waals surface area contributed by atoms with E-state index in [-0.39, 0.29) is 5.92 Å². The van der Waals surface area contributed by atoms with Crippen molar-refractivity contribution in [1.29, 1.82) is 0 Å². The van der Waals surface area contributed by atoms with E-state index in [1.807, 2.05) is 38.1 Å². The van der Waals surface area contributed by atoms with Crippen molar-refractivity contribution < 1.29 is 14.7 Å². The third kappa shape index (κ3) is 6.01. The summed E-state index contributed by atoms with van der Waals surface area (Å²) in [7, 11) is 0. The van der Waals surface area contributed by atoms with Crippen LogP contribution in [-0.4, -0.2) is 29.1 Å². The molecule has 0 spiro atoms. The van der Waals surface area contributed by atoms with Gasteiger partial charge in [0, 0.05) is 9.99 Å². The molecule has 0 saturated carbocycles. The van der Waals surface area contributed by atoms with E-state index in [9.17, 15) is 14.7 Å². The molecule has 0 heterocycles. The second kappa shape index (κ2) is 8.33. The van der Waals surface area contributed by atoms with Crippen LogP contribution in [-0.2, 0) is 16.0 Å². The number of carbonyl (C=O) groups is 2. The van der Waals surface area contributed by atoms with Crippen molar-refractivity contribution in [2.45, 2.75) is 38.8 Å². The zero-order valence-corrected chi connectivity index (χ0v) is 14.3. The van der Waals surface area contributed by atoms with Gasteiger partial charge >= 0.3 is 0 Å². The number of nitrogens with one attached hydrogen (secondary N) is 1. The molecule has 0 radical (unpaired) electrons. The summed E-state index contributed by atoms with van der Waals surface area (Å²) in [6.07, 6.45) is -0.462. The molecule has 5 nitrogen and oxygen atoms in total. The molecular weight excluding hydrogens is 383 g/mol. The van der Waals surface area contributed by atoms with Gasteiger partial charge in [-0.1, -0.05) is 32.0 Å². The van der Waals surface area contributed by atoms with E-state index >= 15 is 0 Å². The summed E-state index contributed by atoms with van der Waals surface area (Å²) in [5.74, 6) is -0.981. The quantitative estimate of drug-likeness (QED) is 0.597. The van der Waals surface area contributed by atoms with Crippen molar-refractivity contribution >= 4 is 34.4 Å². The van der Waals surface area contributed by atoms with Crippen molar-refractivity contribution in [2.75, 3.05) is 0 Å². The van der Waals surface area contributed by atoms with Crippen molar-refractivity contribution in [3.8, 4) is 0 Å². The lowest BCUT2D eigenvalue weighted by atomic mass is 10.0. The lowest BCUT2D eigenvalue weighted by Gasteiger charge is -2.19. The molecule has 0 fully saturated rings. The lowest BCUT2D eigenvalue weighted by molar-refractivity contribution is -0.133. The van der Waals surface area contributed by atoms with Crippen LogP contribution in [0.15, 0.2) is 24.3 Å². The molecular formula is C15H21IN2O3. The maximum absolute atomic E-state index is 11.9. The highest BCUT2D eigenvalue weighted by Crippen LogP contribution is 2.14. The lowest BCUT2D eigenvalue weighted by Crippen LogP contribution is -2.49. The van der Waals surface area contributed by atoms with Crippen molar-refractivity contribution in [1.82, 2.24) is 5.32 Å². The fourth-order valence-electron chi connectivity index (χ4n) is 1.93. The number of rotatable bonds is 7. The van der Waals surface area contributed by atoms with Gasteiger partial charge in [-0.3, -0.25) is 9.59 Å².